The first-order chi connectivity index (χ1) is 9.04. The van der Waals surface area contributed by atoms with E-state index in [0.29, 0.717) is 12.5 Å². The predicted molar refractivity (Wildman–Crippen MR) is 70.3 cm³/mol. The zero-order valence-electron chi connectivity index (χ0n) is 10.5. The number of hydrogen-bond acceptors (Lipinski definition) is 1. The van der Waals surface area contributed by atoms with Crippen molar-refractivity contribution in [2.45, 2.75) is 31.1 Å². The molecule has 0 aliphatic heterocycles. The molecule has 2 atom stereocenters. The second kappa shape index (κ2) is 6.33. The third-order valence-corrected chi connectivity index (χ3v) is 3.79. The number of amides is 1. The minimum atomic E-state index is -0.747. The van der Waals surface area contributed by atoms with Crippen LogP contribution in [-0.4, -0.2) is 17.8 Å². The molecule has 19 heavy (non-hydrogen) atoms. The van der Waals surface area contributed by atoms with Gasteiger partial charge in [0.25, 0.3) is 5.91 Å². The Hall–Kier alpha value is -1.16. The molecule has 1 amide bonds. The second-order valence-corrected chi connectivity index (χ2v) is 5.62. The van der Waals surface area contributed by atoms with E-state index in [-0.39, 0.29) is 10.9 Å². The largest absolute Gasteiger partial charge is 0.352 e. The van der Waals surface area contributed by atoms with Crippen molar-refractivity contribution in [3.8, 4) is 0 Å². The summed E-state index contributed by atoms with van der Waals surface area (Å²) < 4.78 is 26.0. The van der Waals surface area contributed by atoms with Gasteiger partial charge < -0.3 is 5.32 Å². The van der Waals surface area contributed by atoms with Gasteiger partial charge in [0.2, 0.25) is 0 Å². The second-order valence-electron chi connectivity index (χ2n) is 5.00. The van der Waals surface area contributed by atoms with E-state index in [0.717, 1.165) is 43.9 Å². The zero-order chi connectivity index (χ0) is 13.8. The van der Waals surface area contributed by atoms with Crippen LogP contribution in [0.1, 0.15) is 36.0 Å². The van der Waals surface area contributed by atoms with Crippen molar-refractivity contribution in [1.29, 1.82) is 0 Å². The minimum absolute atomic E-state index is 0.00994. The van der Waals surface area contributed by atoms with Gasteiger partial charge in [0.05, 0.1) is 0 Å². The lowest BCUT2D eigenvalue weighted by Crippen LogP contribution is -2.32. The number of halogens is 3. The Bertz CT molecular complexity index is 447. The monoisotopic (exact) mass is 287 g/mol. The van der Waals surface area contributed by atoms with Crippen molar-refractivity contribution >= 4 is 17.5 Å². The summed E-state index contributed by atoms with van der Waals surface area (Å²) in [6.45, 7) is 0.500. The van der Waals surface area contributed by atoms with Gasteiger partial charge in [-0.3, -0.25) is 4.79 Å². The van der Waals surface area contributed by atoms with E-state index in [9.17, 15) is 13.6 Å². The molecule has 1 aromatic rings. The van der Waals surface area contributed by atoms with E-state index >= 15 is 0 Å². The summed E-state index contributed by atoms with van der Waals surface area (Å²) in [6.07, 6.45) is 3.98. The number of carbonyl (C=O) groups excluding carboxylic acids is 1. The van der Waals surface area contributed by atoms with Gasteiger partial charge in [0.15, 0.2) is 0 Å². The van der Waals surface area contributed by atoms with E-state index in [4.69, 9.17) is 11.6 Å². The molecule has 5 heteroatoms. The number of nitrogens with one attached hydrogen (secondary N) is 1. The Labute approximate surface area is 116 Å². The highest BCUT2D eigenvalue weighted by molar-refractivity contribution is 6.20. The van der Waals surface area contributed by atoms with Crippen LogP contribution >= 0.6 is 11.6 Å². The minimum Gasteiger partial charge on any atom is -0.352 e. The van der Waals surface area contributed by atoms with Crippen molar-refractivity contribution in [2.24, 2.45) is 5.92 Å². The third kappa shape index (κ3) is 4.16. The molecule has 104 valence electrons. The molecule has 0 bridgehead atoms. The molecule has 0 heterocycles. The van der Waals surface area contributed by atoms with Crippen LogP contribution in [0, 0.1) is 17.6 Å². The third-order valence-electron chi connectivity index (χ3n) is 3.39. The first-order valence-corrected chi connectivity index (χ1v) is 6.86. The van der Waals surface area contributed by atoms with Gasteiger partial charge >= 0.3 is 0 Å². The van der Waals surface area contributed by atoms with Crippen LogP contribution in [0.15, 0.2) is 18.2 Å². The van der Waals surface area contributed by atoms with Gasteiger partial charge in [-0.15, -0.1) is 11.6 Å². The molecule has 1 fully saturated rings. The smallest absolute Gasteiger partial charge is 0.251 e. The molecule has 1 aromatic carbocycles. The summed E-state index contributed by atoms with van der Waals surface area (Å²) in [5.41, 5.74) is 0.00994. The first kappa shape index (κ1) is 14.3. The van der Waals surface area contributed by atoms with Crippen LogP contribution in [0.4, 0.5) is 8.78 Å². The molecule has 1 aliphatic carbocycles. The average Bonchev–Trinajstić information content (AvgIpc) is 2.35. The SMILES string of the molecule is O=C(NCC1CCCC(Cl)C1)c1cc(F)cc(F)c1. The number of benzene rings is 1. The zero-order valence-corrected chi connectivity index (χ0v) is 11.2. The lowest BCUT2D eigenvalue weighted by atomic mass is 9.89. The maximum atomic E-state index is 13.0. The van der Waals surface area contributed by atoms with E-state index in [1.165, 1.54) is 0 Å². The molecule has 2 unspecified atom stereocenters. The van der Waals surface area contributed by atoms with Gasteiger partial charge in [-0.05, 0) is 37.3 Å². The summed E-state index contributed by atoms with van der Waals surface area (Å²) in [5, 5.41) is 2.88. The highest BCUT2D eigenvalue weighted by Gasteiger charge is 2.21. The topological polar surface area (TPSA) is 29.1 Å². The molecule has 0 aromatic heterocycles. The van der Waals surface area contributed by atoms with E-state index in [1.54, 1.807) is 0 Å². The summed E-state index contributed by atoms with van der Waals surface area (Å²) in [6, 6.07) is 2.81. The van der Waals surface area contributed by atoms with Gasteiger partial charge in [-0.2, -0.15) is 0 Å². The number of alkyl halides is 1. The van der Waals surface area contributed by atoms with Gasteiger partial charge in [0.1, 0.15) is 11.6 Å². The average molecular weight is 288 g/mol. The van der Waals surface area contributed by atoms with Crippen molar-refractivity contribution in [2.75, 3.05) is 6.54 Å². The lowest BCUT2D eigenvalue weighted by molar-refractivity contribution is 0.0942. The Morgan fingerprint density at radius 3 is 2.58 bits per heavy atom. The number of carbonyl (C=O) groups is 1. The van der Waals surface area contributed by atoms with E-state index in [1.807, 2.05) is 0 Å². The van der Waals surface area contributed by atoms with Crippen LogP contribution in [-0.2, 0) is 0 Å². The molecule has 0 spiro atoms. The van der Waals surface area contributed by atoms with Crippen molar-refractivity contribution in [3.63, 3.8) is 0 Å². The van der Waals surface area contributed by atoms with Crippen LogP contribution in [0.5, 0.6) is 0 Å². The molecular formula is C14H16ClF2NO. The first-order valence-electron chi connectivity index (χ1n) is 6.43. The standard InChI is InChI=1S/C14H16ClF2NO/c15-11-3-1-2-9(4-11)8-18-14(19)10-5-12(16)7-13(17)6-10/h5-7,9,11H,1-4,8H2,(H,18,19). The van der Waals surface area contributed by atoms with Gasteiger partial charge in [-0.1, -0.05) is 6.42 Å². The fourth-order valence-corrected chi connectivity index (χ4v) is 2.84. The van der Waals surface area contributed by atoms with Gasteiger partial charge in [-0.25, -0.2) is 8.78 Å². The van der Waals surface area contributed by atoms with E-state index in [2.05, 4.69) is 5.32 Å². The van der Waals surface area contributed by atoms with Crippen LogP contribution in [0.2, 0.25) is 0 Å². The highest BCUT2D eigenvalue weighted by atomic mass is 35.5. The maximum Gasteiger partial charge on any atom is 0.251 e. The summed E-state index contributed by atoms with van der Waals surface area (Å²) in [4.78, 5) is 11.8. The number of rotatable bonds is 3. The summed E-state index contributed by atoms with van der Waals surface area (Å²) in [5.74, 6) is -1.60. The molecule has 1 saturated carbocycles. The van der Waals surface area contributed by atoms with Gasteiger partial charge in [0, 0.05) is 23.6 Å². The molecule has 0 saturated heterocycles. The van der Waals surface area contributed by atoms with Crippen molar-refractivity contribution < 1.29 is 13.6 Å². The quantitative estimate of drug-likeness (QED) is 0.847. The Morgan fingerprint density at radius 1 is 1.26 bits per heavy atom. The Balaban J connectivity index is 1.90. The molecular weight excluding hydrogens is 272 g/mol. The van der Waals surface area contributed by atoms with Crippen molar-refractivity contribution in [1.82, 2.24) is 5.32 Å². The Morgan fingerprint density at radius 2 is 1.95 bits per heavy atom. The predicted octanol–water partition coefficient (Wildman–Crippen LogP) is 3.49. The summed E-state index contributed by atoms with van der Waals surface area (Å²) in [7, 11) is 0. The normalized spacial score (nSPS) is 23.1. The van der Waals surface area contributed by atoms with Crippen LogP contribution in [0.25, 0.3) is 0 Å². The van der Waals surface area contributed by atoms with Crippen LogP contribution in [0.3, 0.4) is 0 Å². The van der Waals surface area contributed by atoms with E-state index < -0.39 is 17.5 Å². The highest BCUT2D eigenvalue weighted by Crippen LogP contribution is 2.27. The lowest BCUT2D eigenvalue weighted by Gasteiger charge is -2.25. The molecule has 2 rings (SSSR count). The molecule has 2 nitrogen and oxygen atoms in total. The Kier molecular flexibility index (Phi) is 4.75. The number of hydrogen-bond donors (Lipinski definition) is 1. The maximum absolute atomic E-state index is 13.0. The molecule has 0 radical (unpaired) electrons. The molecule has 1 aliphatic rings. The summed E-state index contributed by atoms with van der Waals surface area (Å²) >= 11 is 6.07. The van der Waals surface area contributed by atoms with Crippen LogP contribution < -0.4 is 5.32 Å². The fourth-order valence-electron chi connectivity index (χ4n) is 2.43. The molecule has 1 N–H and O–H groups in total. The van der Waals surface area contributed by atoms with Crippen molar-refractivity contribution in [3.05, 3.63) is 35.4 Å². The fraction of sp³-hybridized carbons (Fsp3) is 0.500.